The molecule has 182 valence electrons. The van der Waals surface area contributed by atoms with Crippen molar-refractivity contribution >= 4 is 28.7 Å². The van der Waals surface area contributed by atoms with Crippen molar-refractivity contribution in [3.63, 3.8) is 0 Å². The predicted octanol–water partition coefficient (Wildman–Crippen LogP) is 1.01. The van der Waals surface area contributed by atoms with E-state index in [1.54, 1.807) is 28.7 Å². The smallest absolute Gasteiger partial charge is 0.167 e. The van der Waals surface area contributed by atoms with Gasteiger partial charge in [0.25, 0.3) is 0 Å². The SMILES string of the molecule is Nc1ncnc2c1ncn2[C@@H]1O[C@H](CSCCNCc2cccc(-c3cncnc3)c2)[C@@H](O)[C@H]1O. The zero-order valence-electron chi connectivity index (χ0n) is 18.8. The van der Waals surface area contributed by atoms with Crippen LogP contribution in [0.25, 0.3) is 22.3 Å². The molecule has 0 bridgehead atoms. The highest BCUT2D eigenvalue weighted by molar-refractivity contribution is 7.99. The lowest BCUT2D eigenvalue weighted by atomic mass is 10.1. The molecule has 11 nitrogen and oxygen atoms in total. The topological polar surface area (TPSA) is 157 Å². The van der Waals surface area contributed by atoms with Crippen molar-refractivity contribution in [2.75, 3.05) is 23.8 Å². The molecular weight excluding hydrogens is 468 g/mol. The molecule has 0 saturated carbocycles. The van der Waals surface area contributed by atoms with Crippen molar-refractivity contribution in [3.05, 3.63) is 61.2 Å². The summed E-state index contributed by atoms with van der Waals surface area (Å²) in [5.74, 6) is 1.63. The molecule has 0 radical (unpaired) electrons. The summed E-state index contributed by atoms with van der Waals surface area (Å²) in [5, 5.41) is 24.5. The number of nitrogens with one attached hydrogen (secondary N) is 1. The van der Waals surface area contributed by atoms with Crippen LogP contribution >= 0.6 is 11.8 Å². The standard InChI is InChI=1S/C23H26N8O3S/c24-21-18-22(29-12-28-21)31(13-30-18)23-20(33)19(32)17(34-23)10-35-5-4-25-7-14-2-1-3-15(6-14)16-8-26-11-27-9-16/h1-3,6,8-9,11-13,17,19-20,23,25,32-33H,4-5,7,10H2,(H2,24,28,29)/t17-,19-,20-,23-/m1/s1. The molecule has 0 spiro atoms. The number of nitrogens with two attached hydrogens (primary N) is 1. The molecular formula is C23H26N8O3S. The van der Waals surface area contributed by atoms with Crippen LogP contribution in [0, 0.1) is 0 Å². The second-order valence-electron chi connectivity index (χ2n) is 8.21. The molecule has 5 rings (SSSR count). The van der Waals surface area contributed by atoms with Gasteiger partial charge in [0.05, 0.1) is 12.4 Å². The molecule has 1 aromatic carbocycles. The number of fused-ring (bicyclic) bond motifs is 1. The number of imidazole rings is 1. The Morgan fingerprint density at radius 3 is 2.77 bits per heavy atom. The van der Waals surface area contributed by atoms with E-state index >= 15 is 0 Å². The largest absolute Gasteiger partial charge is 0.387 e. The van der Waals surface area contributed by atoms with Gasteiger partial charge in [0.2, 0.25) is 0 Å². The van der Waals surface area contributed by atoms with E-state index < -0.39 is 24.5 Å². The first-order valence-corrected chi connectivity index (χ1v) is 12.3. The number of aliphatic hydroxyl groups is 2. The van der Waals surface area contributed by atoms with E-state index in [-0.39, 0.29) is 5.82 Å². The van der Waals surface area contributed by atoms with Crippen LogP contribution in [0.3, 0.4) is 0 Å². The average Bonchev–Trinajstić information content (AvgIpc) is 3.44. The Morgan fingerprint density at radius 2 is 1.91 bits per heavy atom. The number of nitrogen functional groups attached to an aromatic ring is 1. The van der Waals surface area contributed by atoms with Crippen molar-refractivity contribution in [2.24, 2.45) is 0 Å². The van der Waals surface area contributed by atoms with E-state index in [9.17, 15) is 10.2 Å². The maximum atomic E-state index is 10.6. The molecule has 0 aliphatic carbocycles. The summed E-state index contributed by atoms with van der Waals surface area (Å²) in [7, 11) is 0. The Hall–Kier alpha value is -3.16. The molecule has 35 heavy (non-hydrogen) atoms. The first kappa shape index (κ1) is 23.6. The number of hydrogen-bond acceptors (Lipinski definition) is 11. The van der Waals surface area contributed by atoms with Gasteiger partial charge >= 0.3 is 0 Å². The fourth-order valence-electron chi connectivity index (χ4n) is 4.04. The van der Waals surface area contributed by atoms with Crippen LogP contribution in [-0.2, 0) is 11.3 Å². The number of hydrogen-bond donors (Lipinski definition) is 4. The molecule has 1 aliphatic heterocycles. The van der Waals surface area contributed by atoms with Gasteiger partial charge in [0, 0.05) is 42.6 Å². The Morgan fingerprint density at radius 1 is 1.06 bits per heavy atom. The number of benzene rings is 1. The van der Waals surface area contributed by atoms with Gasteiger partial charge in [0.15, 0.2) is 17.7 Å². The van der Waals surface area contributed by atoms with Crippen LogP contribution in [0.5, 0.6) is 0 Å². The maximum Gasteiger partial charge on any atom is 0.167 e. The van der Waals surface area contributed by atoms with Gasteiger partial charge in [-0.15, -0.1) is 0 Å². The third kappa shape index (κ3) is 5.11. The summed E-state index contributed by atoms with van der Waals surface area (Å²) >= 11 is 1.65. The summed E-state index contributed by atoms with van der Waals surface area (Å²) in [5.41, 5.74) is 9.97. The van der Waals surface area contributed by atoms with Crippen LogP contribution < -0.4 is 11.1 Å². The fourth-order valence-corrected chi connectivity index (χ4v) is 5.00. The van der Waals surface area contributed by atoms with Gasteiger partial charge in [0.1, 0.15) is 30.4 Å². The second-order valence-corrected chi connectivity index (χ2v) is 9.36. The number of nitrogens with zero attached hydrogens (tertiary/aromatic N) is 6. The van der Waals surface area contributed by atoms with Crippen molar-refractivity contribution < 1.29 is 14.9 Å². The molecule has 12 heteroatoms. The third-order valence-electron chi connectivity index (χ3n) is 5.85. The Balaban J connectivity index is 1.09. The number of ether oxygens (including phenoxy) is 1. The summed E-state index contributed by atoms with van der Waals surface area (Å²) in [6.45, 7) is 1.53. The zero-order chi connectivity index (χ0) is 24.2. The predicted molar refractivity (Wildman–Crippen MR) is 132 cm³/mol. The van der Waals surface area contributed by atoms with Crippen LogP contribution in [0.4, 0.5) is 5.82 Å². The molecule has 4 atom stereocenters. The minimum Gasteiger partial charge on any atom is -0.387 e. The molecule has 1 aliphatic rings. The molecule has 4 heterocycles. The van der Waals surface area contributed by atoms with E-state index in [0.29, 0.717) is 16.9 Å². The maximum absolute atomic E-state index is 10.6. The summed E-state index contributed by atoms with van der Waals surface area (Å²) in [6.07, 6.45) is 4.53. The molecule has 0 unspecified atom stereocenters. The minimum atomic E-state index is -1.10. The Bertz CT molecular complexity index is 1270. The van der Waals surface area contributed by atoms with Gasteiger partial charge in [-0.25, -0.2) is 24.9 Å². The molecule has 5 N–H and O–H groups in total. The van der Waals surface area contributed by atoms with E-state index in [2.05, 4.69) is 42.4 Å². The van der Waals surface area contributed by atoms with Crippen molar-refractivity contribution in [1.29, 1.82) is 0 Å². The first-order chi connectivity index (χ1) is 17.1. The average molecular weight is 495 g/mol. The Labute approximate surface area is 205 Å². The number of rotatable bonds is 9. The quantitative estimate of drug-likeness (QED) is 0.246. The van der Waals surface area contributed by atoms with Gasteiger partial charge < -0.3 is 26.0 Å². The van der Waals surface area contributed by atoms with Gasteiger partial charge in [-0.1, -0.05) is 18.2 Å². The van der Waals surface area contributed by atoms with E-state index in [4.69, 9.17) is 10.5 Å². The monoisotopic (exact) mass is 494 g/mol. The van der Waals surface area contributed by atoms with Gasteiger partial charge in [-0.3, -0.25) is 4.57 Å². The minimum absolute atomic E-state index is 0.252. The van der Waals surface area contributed by atoms with E-state index in [1.165, 1.54) is 24.5 Å². The summed E-state index contributed by atoms with van der Waals surface area (Å²) < 4.78 is 7.57. The number of anilines is 1. The summed E-state index contributed by atoms with van der Waals surface area (Å²) in [4.78, 5) is 20.5. The van der Waals surface area contributed by atoms with Crippen molar-refractivity contribution in [1.82, 2.24) is 34.8 Å². The Kier molecular flexibility index (Phi) is 7.16. The lowest BCUT2D eigenvalue weighted by molar-refractivity contribution is -0.0289. The van der Waals surface area contributed by atoms with Crippen LogP contribution in [0.15, 0.2) is 55.6 Å². The normalized spacial score (nSPS) is 22.1. The molecule has 0 amide bonds. The first-order valence-electron chi connectivity index (χ1n) is 11.2. The number of thioether (sulfide) groups is 1. The van der Waals surface area contributed by atoms with Crippen LogP contribution in [0.2, 0.25) is 0 Å². The highest BCUT2D eigenvalue weighted by atomic mass is 32.2. The summed E-state index contributed by atoms with van der Waals surface area (Å²) in [6, 6.07) is 8.27. The zero-order valence-corrected chi connectivity index (χ0v) is 19.6. The second kappa shape index (κ2) is 10.6. The lowest BCUT2D eigenvalue weighted by Crippen LogP contribution is -2.32. The third-order valence-corrected chi connectivity index (χ3v) is 6.91. The van der Waals surface area contributed by atoms with Crippen LogP contribution in [0.1, 0.15) is 11.8 Å². The van der Waals surface area contributed by atoms with Crippen molar-refractivity contribution in [2.45, 2.75) is 31.1 Å². The molecule has 4 aromatic rings. The van der Waals surface area contributed by atoms with Gasteiger partial charge in [-0.2, -0.15) is 11.8 Å². The molecule has 1 saturated heterocycles. The fraction of sp³-hybridized carbons (Fsp3) is 0.348. The molecule has 1 fully saturated rings. The number of aromatic nitrogens is 6. The van der Waals surface area contributed by atoms with Crippen molar-refractivity contribution in [3.8, 4) is 11.1 Å². The molecule has 3 aromatic heterocycles. The van der Waals surface area contributed by atoms with Gasteiger partial charge in [-0.05, 0) is 17.2 Å². The van der Waals surface area contributed by atoms with E-state index in [0.717, 1.165) is 30.0 Å². The highest BCUT2D eigenvalue weighted by Gasteiger charge is 2.44. The highest BCUT2D eigenvalue weighted by Crippen LogP contribution is 2.33. The lowest BCUT2D eigenvalue weighted by Gasteiger charge is -2.16. The van der Waals surface area contributed by atoms with E-state index in [1.807, 2.05) is 12.1 Å². The van der Waals surface area contributed by atoms with Crippen LogP contribution in [-0.4, -0.2) is 76.1 Å². The number of aliphatic hydroxyl groups excluding tert-OH is 2.